The highest BCUT2D eigenvalue weighted by Crippen LogP contribution is 2.27. The van der Waals surface area contributed by atoms with Crippen LogP contribution in [0.5, 0.6) is 0 Å². The van der Waals surface area contributed by atoms with Gasteiger partial charge in [-0.25, -0.2) is 9.52 Å². The van der Waals surface area contributed by atoms with Crippen LogP contribution in [0, 0.1) is 16.0 Å². The molecule has 1 fully saturated rings. The summed E-state index contributed by atoms with van der Waals surface area (Å²) in [5.74, 6) is -2.17. The first-order valence-corrected chi connectivity index (χ1v) is 8.36. The van der Waals surface area contributed by atoms with Crippen LogP contribution in [0.2, 0.25) is 0 Å². The molecule has 1 aromatic rings. The Morgan fingerprint density at radius 1 is 1.28 bits per heavy atom. The first-order chi connectivity index (χ1) is 11.8. The smallest absolute Gasteiger partial charge is 0.329 e. The number of nitro groups is 1. The fraction of sp³-hybridized carbons (Fsp3) is 0.400. The maximum atomic E-state index is 12.3. The number of nitro benzene ring substituents is 1. The zero-order valence-electron chi connectivity index (χ0n) is 13.6. The van der Waals surface area contributed by atoms with Crippen LogP contribution in [0.15, 0.2) is 29.2 Å². The molecule has 134 valence electrons. The number of amides is 2. The number of para-hydroxylation sites is 1. The van der Waals surface area contributed by atoms with E-state index in [0.717, 1.165) is 11.9 Å². The first kappa shape index (κ1) is 18.9. The number of rotatable bonds is 7. The van der Waals surface area contributed by atoms with Crippen LogP contribution in [0.1, 0.15) is 26.7 Å². The van der Waals surface area contributed by atoms with Crippen molar-refractivity contribution in [1.82, 2.24) is 9.79 Å². The number of imide groups is 1. The largest absolute Gasteiger partial charge is 0.351 e. The molecule has 0 radical (unpaired) electrons. The van der Waals surface area contributed by atoms with Gasteiger partial charge in [-0.1, -0.05) is 26.0 Å². The fourth-order valence-electron chi connectivity index (χ4n) is 2.08. The molecule has 0 unspecified atom stereocenters. The topological polar surface area (TPSA) is 119 Å². The van der Waals surface area contributed by atoms with Crippen LogP contribution in [-0.2, 0) is 19.2 Å². The van der Waals surface area contributed by atoms with Crippen LogP contribution in [0.4, 0.5) is 5.69 Å². The lowest BCUT2D eigenvalue weighted by molar-refractivity contribution is -0.387. The Morgan fingerprint density at radius 3 is 2.44 bits per heavy atom. The summed E-state index contributed by atoms with van der Waals surface area (Å²) in [5.41, 5.74) is -0.0965. The second kappa shape index (κ2) is 8.08. The van der Waals surface area contributed by atoms with E-state index < -0.39 is 28.7 Å². The summed E-state index contributed by atoms with van der Waals surface area (Å²) < 4.78 is 2.82. The molecule has 0 bridgehead atoms. The summed E-state index contributed by atoms with van der Waals surface area (Å²) in [6.45, 7) is 3.49. The fourth-order valence-corrected chi connectivity index (χ4v) is 3.10. The Labute approximate surface area is 147 Å². The third-order valence-corrected chi connectivity index (χ3v) is 4.40. The van der Waals surface area contributed by atoms with E-state index in [0.29, 0.717) is 9.96 Å². The summed E-state index contributed by atoms with van der Waals surface area (Å²) in [6.07, 6.45) is 0.0215. The van der Waals surface area contributed by atoms with E-state index in [1.54, 1.807) is 32.0 Å². The number of hydrogen-bond donors (Lipinski definition) is 1. The zero-order valence-corrected chi connectivity index (χ0v) is 14.4. The summed E-state index contributed by atoms with van der Waals surface area (Å²) in [5, 5.41) is 11.5. The predicted molar refractivity (Wildman–Crippen MR) is 87.9 cm³/mol. The minimum absolute atomic E-state index is 0.0108. The Balaban J connectivity index is 2.06. The average Bonchev–Trinajstić information content (AvgIpc) is 2.87. The minimum Gasteiger partial charge on any atom is -0.329 e. The van der Waals surface area contributed by atoms with Crippen molar-refractivity contribution in [3.8, 4) is 0 Å². The standard InChI is InChI=1S/C15H17N3O6S/c1-9(2)14(15(21)24-17-12(19)7-8-13(17)20)16-25-11-6-4-3-5-10(11)18(22)23/h3-6,9,14,16H,7-8H2,1-2H3/t14-/m0/s1. The second-order valence-electron chi connectivity index (χ2n) is 5.66. The number of carbonyl (C=O) groups excluding carboxylic acids is 3. The number of hydroxylamine groups is 2. The molecule has 0 aliphatic carbocycles. The van der Waals surface area contributed by atoms with E-state index in [1.807, 2.05) is 0 Å². The van der Waals surface area contributed by atoms with Gasteiger partial charge < -0.3 is 4.84 Å². The van der Waals surface area contributed by atoms with Crippen molar-refractivity contribution in [2.24, 2.45) is 5.92 Å². The Bertz CT molecular complexity index is 692. The zero-order chi connectivity index (χ0) is 18.6. The van der Waals surface area contributed by atoms with Crippen molar-refractivity contribution >= 4 is 35.4 Å². The van der Waals surface area contributed by atoms with Gasteiger partial charge in [0.25, 0.3) is 17.5 Å². The number of hydrogen-bond acceptors (Lipinski definition) is 8. The molecule has 0 spiro atoms. The van der Waals surface area contributed by atoms with Crippen molar-refractivity contribution in [2.75, 3.05) is 0 Å². The van der Waals surface area contributed by atoms with E-state index in [2.05, 4.69) is 4.72 Å². The highest BCUT2D eigenvalue weighted by atomic mass is 32.2. The lowest BCUT2D eigenvalue weighted by atomic mass is 10.1. The van der Waals surface area contributed by atoms with Crippen LogP contribution in [0.25, 0.3) is 0 Å². The van der Waals surface area contributed by atoms with Gasteiger partial charge >= 0.3 is 5.97 Å². The highest BCUT2D eigenvalue weighted by Gasteiger charge is 2.35. The molecule has 1 heterocycles. The Morgan fingerprint density at radius 2 is 1.88 bits per heavy atom. The molecule has 9 nitrogen and oxygen atoms in total. The molecular weight excluding hydrogens is 350 g/mol. The van der Waals surface area contributed by atoms with Gasteiger partial charge in [-0.2, -0.15) is 0 Å². The van der Waals surface area contributed by atoms with E-state index in [-0.39, 0.29) is 24.4 Å². The molecule has 2 amide bonds. The molecule has 2 rings (SSSR count). The summed E-state index contributed by atoms with van der Waals surface area (Å²) in [6, 6.07) is 5.22. The van der Waals surface area contributed by atoms with E-state index >= 15 is 0 Å². The monoisotopic (exact) mass is 367 g/mol. The molecule has 10 heteroatoms. The maximum Gasteiger partial charge on any atom is 0.351 e. The summed E-state index contributed by atoms with van der Waals surface area (Å²) in [4.78, 5) is 51.1. The van der Waals surface area contributed by atoms with E-state index in [1.165, 1.54) is 6.07 Å². The molecular formula is C15H17N3O6S. The normalized spacial score (nSPS) is 15.6. The lowest BCUT2D eigenvalue weighted by Crippen LogP contribution is -2.43. The van der Waals surface area contributed by atoms with Crippen molar-refractivity contribution in [1.29, 1.82) is 0 Å². The van der Waals surface area contributed by atoms with Gasteiger partial charge in [-0.3, -0.25) is 19.7 Å². The summed E-state index contributed by atoms with van der Waals surface area (Å²) >= 11 is 0.919. The van der Waals surface area contributed by atoms with Gasteiger partial charge in [0, 0.05) is 18.9 Å². The lowest BCUT2D eigenvalue weighted by Gasteiger charge is -2.22. The quantitative estimate of drug-likeness (QED) is 0.335. The van der Waals surface area contributed by atoms with Gasteiger partial charge in [0.2, 0.25) is 0 Å². The van der Waals surface area contributed by atoms with Crippen LogP contribution < -0.4 is 4.72 Å². The predicted octanol–water partition coefficient (Wildman–Crippen LogP) is 1.82. The number of nitrogens with zero attached hydrogens (tertiary/aromatic N) is 2. The van der Waals surface area contributed by atoms with Crippen LogP contribution in [0.3, 0.4) is 0 Å². The first-order valence-electron chi connectivity index (χ1n) is 7.54. The average molecular weight is 367 g/mol. The molecule has 1 aromatic carbocycles. The van der Waals surface area contributed by atoms with Gasteiger partial charge in [-0.15, -0.1) is 5.06 Å². The highest BCUT2D eigenvalue weighted by molar-refractivity contribution is 7.97. The molecule has 1 aliphatic rings. The maximum absolute atomic E-state index is 12.3. The molecule has 0 aromatic heterocycles. The number of benzene rings is 1. The Kier molecular flexibility index (Phi) is 6.10. The van der Waals surface area contributed by atoms with Crippen molar-refractivity contribution in [3.05, 3.63) is 34.4 Å². The van der Waals surface area contributed by atoms with Gasteiger partial charge in [0.05, 0.1) is 4.92 Å². The summed E-state index contributed by atoms with van der Waals surface area (Å²) in [7, 11) is 0. The number of carbonyl (C=O) groups is 3. The van der Waals surface area contributed by atoms with Gasteiger partial charge in [0.15, 0.2) is 0 Å². The van der Waals surface area contributed by atoms with Crippen molar-refractivity contribution < 1.29 is 24.1 Å². The van der Waals surface area contributed by atoms with Crippen LogP contribution >= 0.6 is 11.9 Å². The van der Waals surface area contributed by atoms with E-state index in [9.17, 15) is 24.5 Å². The molecule has 1 atom stereocenters. The van der Waals surface area contributed by atoms with Crippen molar-refractivity contribution in [3.63, 3.8) is 0 Å². The minimum atomic E-state index is -0.869. The van der Waals surface area contributed by atoms with Crippen molar-refractivity contribution in [2.45, 2.75) is 37.6 Å². The molecule has 25 heavy (non-hydrogen) atoms. The van der Waals surface area contributed by atoms with E-state index in [4.69, 9.17) is 4.84 Å². The van der Waals surface area contributed by atoms with Gasteiger partial charge in [-0.05, 0) is 23.9 Å². The molecule has 0 saturated carbocycles. The SMILES string of the molecule is CC(C)[C@H](NSc1ccccc1[N+](=O)[O-])C(=O)ON1C(=O)CCC1=O. The second-order valence-corrected chi connectivity index (χ2v) is 6.54. The Hall–Kier alpha value is -2.46. The molecule has 1 saturated heterocycles. The number of nitrogens with one attached hydrogen (secondary N) is 1. The molecule has 1 aliphatic heterocycles. The molecule has 1 N–H and O–H groups in total. The third kappa shape index (κ3) is 4.54. The van der Waals surface area contributed by atoms with Crippen LogP contribution in [-0.4, -0.2) is 33.8 Å². The van der Waals surface area contributed by atoms with Gasteiger partial charge in [0.1, 0.15) is 10.9 Å². The third-order valence-electron chi connectivity index (χ3n) is 3.47.